The normalized spacial score (nSPS) is 16.9. The van der Waals surface area contributed by atoms with E-state index >= 15 is 0 Å². The Kier molecular flexibility index (Phi) is 6.40. The van der Waals surface area contributed by atoms with Crippen molar-refractivity contribution in [1.82, 2.24) is 20.0 Å². The maximum absolute atomic E-state index is 12.5. The number of hydrogen-bond acceptors (Lipinski definition) is 4. The zero-order valence-corrected chi connectivity index (χ0v) is 17.7. The zero-order valence-electron chi connectivity index (χ0n) is 17.0. The maximum Gasteiger partial charge on any atom is 0.269 e. The summed E-state index contributed by atoms with van der Waals surface area (Å²) in [6.45, 7) is 4.58. The number of aromatic nitrogens is 2. The monoisotopic (exact) mass is 416 g/mol. The van der Waals surface area contributed by atoms with E-state index < -0.39 is 0 Å². The van der Waals surface area contributed by atoms with Crippen LogP contribution in [0.3, 0.4) is 0 Å². The molecule has 0 atom stereocenters. The van der Waals surface area contributed by atoms with E-state index in [0.29, 0.717) is 35.5 Å². The highest BCUT2D eigenvalue weighted by molar-refractivity contribution is 6.32. The molecule has 1 amide bonds. The van der Waals surface area contributed by atoms with Crippen molar-refractivity contribution in [3.8, 4) is 5.75 Å². The van der Waals surface area contributed by atoms with Crippen molar-refractivity contribution in [2.45, 2.75) is 44.6 Å². The minimum absolute atomic E-state index is 0.120. The molecule has 1 aromatic heterocycles. The molecule has 156 valence electrons. The Labute approximate surface area is 177 Å². The lowest BCUT2D eigenvalue weighted by molar-refractivity contribution is 0.0941. The highest BCUT2D eigenvalue weighted by Gasteiger charge is 2.28. The van der Waals surface area contributed by atoms with E-state index in [-0.39, 0.29) is 5.91 Å². The van der Waals surface area contributed by atoms with E-state index in [0.717, 1.165) is 24.2 Å². The van der Waals surface area contributed by atoms with Crippen molar-refractivity contribution in [3.05, 3.63) is 46.2 Å². The second kappa shape index (κ2) is 9.18. The molecule has 0 spiro atoms. The van der Waals surface area contributed by atoms with Gasteiger partial charge in [-0.15, -0.1) is 0 Å². The standard InChI is InChI=1S/C22H29ClN4O2/c1-26-20(14-19(25-26)17-6-7-17)22(28)24-15-16-5-8-21(18(23)13-16)29-12-4-11-27-9-2-3-10-27/h5,8,13-14,17H,2-4,6-7,9-12,15H2,1H3,(H,24,28). The van der Waals surface area contributed by atoms with Crippen molar-refractivity contribution in [3.63, 3.8) is 0 Å². The van der Waals surface area contributed by atoms with Gasteiger partial charge in [0.25, 0.3) is 5.91 Å². The molecule has 0 bridgehead atoms. The van der Waals surface area contributed by atoms with Gasteiger partial charge in [0.2, 0.25) is 0 Å². The molecule has 2 aromatic rings. The van der Waals surface area contributed by atoms with Gasteiger partial charge in [0.05, 0.1) is 17.3 Å². The molecular weight excluding hydrogens is 388 g/mol. The Bertz CT molecular complexity index is 856. The van der Waals surface area contributed by atoms with E-state index in [1.165, 1.54) is 38.8 Å². The van der Waals surface area contributed by atoms with Crippen molar-refractivity contribution in [2.24, 2.45) is 7.05 Å². The van der Waals surface area contributed by atoms with Crippen LogP contribution in [-0.2, 0) is 13.6 Å². The Morgan fingerprint density at radius 2 is 2.07 bits per heavy atom. The first kappa shape index (κ1) is 20.2. The Morgan fingerprint density at radius 1 is 1.28 bits per heavy atom. The summed E-state index contributed by atoms with van der Waals surface area (Å²) in [6.07, 6.45) is 5.97. The molecular formula is C22H29ClN4O2. The minimum Gasteiger partial charge on any atom is -0.492 e. The van der Waals surface area contributed by atoms with Gasteiger partial charge < -0.3 is 15.0 Å². The molecule has 2 heterocycles. The fourth-order valence-electron chi connectivity index (χ4n) is 3.80. The molecule has 7 heteroatoms. The van der Waals surface area contributed by atoms with Gasteiger partial charge >= 0.3 is 0 Å². The summed E-state index contributed by atoms with van der Waals surface area (Å²) in [5, 5.41) is 7.98. The number of rotatable bonds is 9. The van der Waals surface area contributed by atoms with Crippen LogP contribution in [0.1, 0.15) is 59.8 Å². The number of nitrogens with one attached hydrogen (secondary N) is 1. The molecule has 1 aliphatic carbocycles. The average molecular weight is 417 g/mol. The SMILES string of the molecule is Cn1nc(C2CC2)cc1C(=O)NCc1ccc(OCCCN2CCCC2)c(Cl)c1. The van der Waals surface area contributed by atoms with Crippen LogP contribution >= 0.6 is 11.6 Å². The molecule has 4 rings (SSSR count). The van der Waals surface area contributed by atoms with E-state index in [4.69, 9.17) is 16.3 Å². The zero-order chi connectivity index (χ0) is 20.2. The summed E-state index contributed by atoms with van der Waals surface area (Å²) < 4.78 is 7.50. The molecule has 0 unspecified atom stereocenters. The Balaban J connectivity index is 1.24. The van der Waals surface area contributed by atoms with Gasteiger partial charge in [0.1, 0.15) is 11.4 Å². The molecule has 6 nitrogen and oxygen atoms in total. The number of hydrogen-bond donors (Lipinski definition) is 1. The fraction of sp³-hybridized carbons (Fsp3) is 0.545. The number of ether oxygens (including phenoxy) is 1. The largest absolute Gasteiger partial charge is 0.492 e. The Morgan fingerprint density at radius 3 is 2.79 bits per heavy atom. The highest BCUT2D eigenvalue weighted by Crippen LogP contribution is 2.39. The predicted octanol–water partition coefficient (Wildman–Crippen LogP) is 3.75. The summed E-state index contributed by atoms with van der Waals surface area (Å²) in [4.78, 5) is 15.0. The number of carbonyl (C=O) groups is 1. The van der Waals surface area contributed by atoms with E-state index in [9.17, 15) is 4.79 Å². The predicted molar refractivity (Wildman–Crippen MR) is 114 cm³/mol. The quantitative estimate of drug-likeness (QED) is 0.632. The first-order valence-corrected chi connectivity index (χ1v) is 10.9. The number of likely N-dealkylation sites (tertiary alicyclic amines) is 1. The molecule has 2 aliphatic rings. The third-order valence-corrected chi connectivity index (χ3v) is 5.95. The summed E-state index contributed by atoms with van der Waals surface area (Å²) in [5.41, 5.74) is 2.56. The molecule has 1 aromatic carbocycles. The third-order valence-electron chi connectivity index (χ3n) is 5.65. The minimum atomic E-state index is -0.120. The van der Waals surface area contributed by atoms with E-state index in [1.54, 1.807) is 4.68 Å². The number of benzene rings is 1. The maximum atomic E-state index is 12.5. The van der Waals surface area contributed by atoms with E-state index in [1.807, 2.05) is 31.3 Å². The summed E-state index contributed by atoms with van der Waals surface area (Å²) in [5.74, 6) is 1.11. The second-order valence-corrected chi connectivity index (χ2v) is 8.46. The van der Waals surface area contributed by atoms with Crippen molar-refractivity contribution < 1.29 is 9.53 Å². The highest BCUT2D eigenvalue weighted by atomic mass is 35.5. The molecule has 1 saturated carbocycles. The first-order chi connectivity index (χ1) is 14.1. The summed E-state index contributed by atoms with van der Waals surface area (Å²) in [7, 11) is 1.81. The smallest absolute Gasteiger partial charge is 0.269 e. The van der Waals surface area contributed by atoms with Gasteiger partial charge in [-0.1, -0.05) is 17.7 Å². The van der Waals surface area contributed by atoms with Crippen LogP contribution < -0.4 is 10.1 Å². The van der Waals surface area contributed by atoms with Gasteiger partial charge in [0, 0.05) is 26.1 Å². The van der Waals surface area contributed by atoms with Crippen LogP contribution in [0.15, 0.2) is 24.3 Å². The van der Waals surface area contributed by atoms with E-state index in [2.05, 4.69) is 15.3 Å². The fourth-order valence-corrected chi connectivity index (χ4v) is 4.06. The molecule has 1 aliphatic heterocycles. The molecule has 2 fully saturated rings. The van der Waals surface area contributed by atoms with Gasteiger partial charge in [-0.2, -0.15) is 5.10 Å². The van der Waals surface area contributed by atoms with Crippen LogP contribution in [-0.4, -0.2) is 46.8 Å². The van der Waals surface area contributed by atoms with Crippen LogP contribution in [0.4, 0.5) is 0 Å². The molecule has 29 heavy (non-hydrogen) atoms. The second-order valence-electron chi connectivity index (χ2n) is 8.05. The summed E-state index contributed by atoms with van der Waals surface area (Å²) in [6, 6.07) is 7.59. The molecule has 1 N–H and O–H groups in total. The third kappa shape index (κ3) is 5.31. The van der Waals surface area contributed by atoms with Crippen molar-refractivity contribution >= 4 is 17.5 Å². The van der Waals surface area contributed by atoms with Gasteiger partial charge in [-0.3, -0.25) is 9.48 Å². The average Bonchev–Trinajstić information content (AvgIpc) is 3.29. The number of carbonyl (C=O) groups excluding carboxylic acids is 1. The van der Waals surface area contributed by atoms with Crippen LogP contribution in [0.25, 0.3) is 0 Å². The van der Waals surface area contributed by atoms with Gasteiger partial charge in [-0.05, 0) is 69.0 Å². The van der Waals surface area contributed by atoms with Crippen molar-refractivity contribution in [1.29, 1.82) is 0 Å². The molecule has 0 radical (unpaired) electrons. The number of aryl methyl sites for hydroxylation is 1. The number of halogens is 1. The lowest BCUT2D eigenvalue weighted by Gasteiger charge is -2.15. The number of nitrogens with zero attached hydrogens (tertiary/aromatic N) is 3. The van der Waals surface area contributed by atoms with Crippen LogP contribution in [0, 0.1) is 0 Å². The summed E-state index contributed by atoms with van der Waals surface area (Å²) >= 11 is 6.38. The van der Waals surface area contributed by atoms with Crippen LogP contribution in [0.5, 0.6) is 5.75 Å². The first-order valence-electron chi connectivity index (χ1n) is 10.6. The topological polar surface area (TPSA) is 59.4 Å². The van der Waals surface area contributed by atoms with Crippen LogP contribution in [0.2, 0.25) is 5.02 Å². The lowest BCUT2D eigenvalue weighted by Crippen LogP contribution is -2.25. The molecule has 1 saturated heterocycles. The lowest BCUT2D eigenvalue weighted by atomic mass is 10.2. The van der Waals surface area contributed by atoms with Gasteiger partial charge in [-0.25, -0.2) is 0 Å². The van der Waals surface area contributed by atoms with Crippen molar-refractivity contribution in [2.75, 3.05) is 26.2 Å². The van der Waals surface area contributed by atoms with Gasteiger partial charge in [0.15, 0.2) is 0 Å². The Hall–Kier alpha value is -2.05. The number of amides is 1.